The number of hydrogen-bond donors (Lipinski definition) is 1. The average Bonchev–Trinajstić information content (AvgIpc) is 2.79. The zero-order valence-corrected chi connectivity index (χ0v) is 18.2. The second-order valence-electron chi connectivity index (χ2n) is 8.50. The number of nitrogens with one attached hydrogen (secondary N) is 1. The van der Waals surface area contributed by atoms with E-state index in [1.165, 1.54) is 0 Å². The van der Waals surface area contributed by atoms with E-state index in [-0.39, 0.29) is 17.9 Å². The lowest BCUT2D eigenvalue weighted by Crippen LogP contribution is -2.39. The third kappa shape index (κ3) is 5.19. The molecule has 6 nitrogen and oxygen atoms in total. The van der Waals surface area contributed by atoms with E-state index in [0.29, 0.717) is 38.6 Å². The zero-order valence-electron chi connectivity index (χ0n) is 18.2. The lowest BCUT2D eigenvalue weighted by atomic mass is 9.92. The SMILES string of the molecule is Cc1ccc(C(=O)N2CCC(CC(=O)N[C@H](C)c3ccc4c(c3)OCCO4)CC2)cc1. The first kappa shape index (κ1) is 21.2. The molecule has 0 bridgehead atoms. The fourth-order valence-electron chi connectivity index (χ4n) is 4.19. The van der Waals surface area contributed by atoms with Crippen molar-refractivity contribution in [2.75, 3.05) is 26.3 Å². The Hall–Kier alpha value is -3.02. The molecule has 2 aliphatic rings. The number of amides is 2. The molecule has 1 saturated heterocycles. The van der Waals surface area contributed by atoms with Gasteiger partial charge in [-0.1, -0.05) is 23.8 Å². The van der Waals surface area contributed by atoms with Crippen molar-refractivity contribution < 1.29 is 19.1 Å². The van der Waals surface area contributed by atoms with Gasteiger partial charge in [0, 0.05) is 25.1 Å². The van der Waals surface area contributed by atoms with E-state index in [1.807, 2.05) is 61.2 Å². The second kappa shape index (κ2) is 9.41. The molecular formula is C25H30N2O4. The summed E-state index contributed by atoms with van der Waals surface area (Å²) in [6.07, 6.45) is 2.19. The van der Waals surface area contributed by atoms with Crippen molar-refractivity contribution >= 4 is 11.8 Å². The average molecular weight is 423 g/mol. The summed E-state index contributed by atoms with van der Waals surface area (Å²) in [6.45, 7) is 6.49. The lowest BCUT2D eigenvalue weighted by Gasteiger charge is -2.32. The summed E-state index contributed by atoms with van der Waals surface area (Å²) in [7, 11) is 0. The second-order valence-corrected chi connectivity index (χ2v) is 8.50. The fourth-order valence-corrected chi connectivity index (χ4v) is 4.19. The maximum atomic E-state index is 12.7. The minimum Gasteiger partial charge on any atom is -0.486 e. The van der Waals surface area contributed by atoms with Gasteiger partial charge in [0.25, 0.3) is 5.91 Å². The Morgan fingerprint density at radius 3 is 2.42 bits per heavy atom. The normalized spacial score (nSPS) is 17.2. The smallest absolute Gasteiger partial charge is 0.253 e. The Labute approximate surface area is 183 Å². The van der Waals surface area contributed by atoms with Crippen LogP contribution in [0.25, 0.3) is 0 Å². The van der Waals surface area contributed by atoms with Gasteiger partial charge in [-0.25, -0.2) is 0 Å². The molecule has 2 aromatic carbocycles. The zero-order chi connectivity index (χ0) is 21.8. The van der Waals surface area contributed by atoms with Gasteiger partial charge in [0.2, 0.25) is 5.91 Å². The van der Waals surface area contributed by atoms with E-state index in [1.54, 1.807) is 0 Å². The summed E-state index contributed by atoms with van der Waals surface area (Å²) in [5.74, 6) is 1.91. The monoisotopic (exact) mass is 422 g/mol. The number of rotatable bonds is 5. The molecule has 164 valence electrons. The van der Waals surface area contributed by atoms with Gasteiger partial charge in [-0.2, -0.15) is 0 Å². The summed E-state index contributed by atoms with van der Waals surface area (Å²) >= 11 is 0. The van der Waals surface area contributed by atoms with Crippen molar-refractivity contribution in [2.24, 2.45) is 5.92 Å². The van der Waals surface area contributed by atoms with Crippen LogP contribution in [0.2, 0.25) is 0 Å². The largest absolute Gasteiger partial charge is 0.486 e. The van der Waals surface area contributed by atoms with Gasteiger partial charge >= 0.3 is 0 Å². The number of benzene rings is 2. The number of nitrogens with zero attached hydrogens (tertiary/aromatic N) is 1. The molecular weight excluding hydrogens is 392 g/mol. The molecule has 31 heavy (non-hydrogen) atoms. The predicted octanol–water partition coefficient (Wildman–Crippen LogP) is 3.89. The molecule has 6 heteroatoms. The van der Waals surface area contributed by atoms with Gasteiger partial charge in [-0.05, 0) is 62.4 Å². The van der Waals surface area contributed by atoms with Crippen LogP contribution in [0.1, 0.15) is 53.7 Å². The highest BCUT2D eigenvalue weighted by molar-refractivity contribution is 5.94. The summed E-state index contributed by atoms with van der Waals surface area (Å²) in [6, 6.07) is 13.4. The molecule has 2 amide bonds. The first-order chi connectivity index (χ1) is 15.0. The molecule has 4 rings (SSSR count). The molecule has 0 aromatic heterocycles. The third-order valence-electron chi connectivity index (χ3n) is 6.12. The molecule has 2 heterocycles. The van der Waals surface area contributed by atoms with Crippen molar-refractivity contribution in [1.29, 1.82) is 0 Å². The first-order valence-electron chi connectivity index (χ1n) is 11.0. The molecule has 0 unspecified atom stereocenters. The molecule has 2 aromatic rings. The van der Waals surface area contributed by atoms with Crippen LogP contribution in [-0.2, 0) is 4.79 Å². The number of hydrogen-bond acceptors (Lipinski definition) is 4. The highest BCUT2D eigenvalue weighted by atomic mass is 16.6. The standard InChI is InChI=1S/C25H30N2O4/c1-17-3-5-20(6-4-17)25(29)27-11-9-19(10-12-27)15-24(28)26-18(2)21-7-8-22-23(16-21)31-14-13-30-22/h3-8,16,18-19H,9-15H2,1-2H3,(H,26,28)/t18-/m1/s1. The number of fused-ring (bicyclic) bond motifs is 1. The van der Waals surface area contributed by atoms with Crippen LogP contribution in [0.5, 0.6) is 11.5 Å². The van der Waals surface area contributed by atoms with E-state index in [9.17, 15) is 9.59 Å². The molecule has 0 radical (unpaired) electrons. The number of carbonyl (C=O) groups is 2. The number of carbonyl (C=O) groups excluding carboxylic acids is 2. The summed E-state index contributed by atoms with van der Waals surface area (Å²) < 4.78 is 11.2. The number of piperidine rings is 1. The van der Waals surface area contributed by atoms with E-state index in [4.69, 9.17) is 9.47 Å². The first-order valence-corrected chi connectivity index (χ1v) is 11.0. The lowest BCUT2D eigenvalue weighted by molar-refractivity contribution is -0.122. The Kier molecular flexibility index (Phi) is 6.44. The summed E-state index contributed by atoms with van der Waals surface area (Å²) in [5, 5.41) is 3.10. The van der Waals surface area contributed by atoms with E-state index >= 15 is 0 Å². The van der Waals surface area contributed by atoms with E-state index < -0.39 is 0 Å². The van der Waals surface area contributed by atoms with Crippen LogP contribution in [0.4, 0.5) is 0 Å². The Morgan fingerprint density at radius 2 is 1.71 bits per heavy atom. The van der Waals surface area contributed by atoms with Gasteiger partial charge in [0.1, 0.15) is 13.2 Å². The Balaban J connectivity index is 1.25. The van der Waals surface area contributed by atoms with Crippen LogP contribution in [0, 0.1) is 12.8 Å². The predicted molar refractivity (Wildman–Crippen MR) is 118 cm³/mol. The number of ether oxygens (including phenoxy) is 2. The van der Waals surface area contributed by atoms with Crippen molar-refractivity contribution in [3.63, 3.8) is 0 Å². The van der Waals surface area contributed by atoms with Crippen LogP contribution >= 0.6 is 0 Å². The molecule has 0 aliphatic carbocycles. The van der Waals surface area contributed by atoms with E-state index in [2.05, 4.69) is 5.32 Å². The highest BCUT2D eigenvalue weighted by Crippen LogP contribution is 2.32. The number of aryl methyl sites for hydroxylation is 1. The van der Waals surface area contributed by atoms with Gasteiger partial charge in [-0.3, -0.25) is 9.59 Å². The number of likely N-dealkylation sites (tertiary alicyclic amines) is 1. The third-order valence-corrected chi connectivity index (χ3v) is 6.12. The summed E-state index contributed by atoms with van der Waals surface area (Å²) in [5.41, 5.74) is 2.87. The Bertz CT molecular complexity index is 933. The van der Waals surface area contributed by atoms with Crippen LogP contribution in [-0.4, -0.2) is 43.0 Å². The van der Waals surface area contributed by atoms with Crippen LogP contribution < -0.4 is 14.8 Å². The van der Waals surface area contributed by atoms with Crippen molar-refractivity contribution in [2.45, 2.75) is 39.2 Å². The van der Waals surface area contributed by atoms with Crippen LogP contribution in [0.3, 0.4) is 0 Å². The van der Waals surface area contributed by atoms with Gasteiger partial charge in [0.05, 0.1) is 6.04 Å². The van der Waals surface area contributed by atoms with Crippen molar-refractivity contribution in [1.82, 2.24) is 10.2 Å². The minimum absolute atomic E-state index is 0.0469. The maximum absolute atomic E-state index is 12.7. The highest BCUT2D eigenvalue weighted by Gasteiger charge is 2.25. The van der Waals surface area contributed by atoms with Gasteiger partial charge < -0.3 is 19.7 Å². The van der Waals surface area contributed by atoms with Crippen molar-refractivity contribution in [3.05, 3.63) is 59.2 Å². The molecule has 0 spiro atoms. The summed E-state index contributed by atoms with van der Waals surface area (Å²) in [4.78, 5) is 27.2. The molecule has 0 saturated carbocycles. The topological polar surface area (TPSA) is 67.9 Å². The molecule has 1 atom stereocenters. The van der Waals surface area contributed by atoms with Gasteiger partial charge in [0.15, 0.2) is 11.5 Å². The fraction of sp³-hybridized carbons (Fsp3) is 0.440. The minimum atomic E-state index is -0.105. The molecule has 2 aliphatic heterocycles. The molecule has 1 fully saturated rings. The van der Waals surface area contributed by atoms with Crippen LogP contribution in [0.15, 0.2) is 42.5 Å². The Morgan fingerprint density at radius 1 is 1.03 bits per heavy atom. The maximum Gasteiger partial charge on any atom is 0.253 e. The van der Waals surface area contributed by atoms with Gasteiger partial charge in [-0.15, -0.1) is 0 Å². The molecule has 1 N–H and O–H groups in total. The quantitative estimate of drug-likeness (QED) is 0.794. The van der Waals surface area contributed by atoms with E-state index in [0.717, 1.165) is 41.0 Å². The van der Waals surface area contributed by atoms with Crippen molar-refractivity contribution in [3.8, 4) is 11.5 Å².